The van der Waals surface area contributed by atoms with Crippen LogP contribution in [0.3, 0.4) is 0 Å². The van der Waals surface area contributed by atoms with Crippen molar-refractivity contribution in [1.29, 1.82) is 0 Å². The van der Waals surface area contributed by atoms with E-state index in [-0.39, 0.29) is 18.0 Å². The first-order valence-electron chi connectivity index (χ1n) is 8.02. The number of rotatable bonds is 1. The van der Waals surface area contributed by atoms with Gasteiger partial charge in [-0.1, -0.05) is 13.8 Å². The maximum Gasteiger partial charge on any atom is 0.256 e. The maximum atomic E-state index is 13.9. The Morgan fingerprint density at radius 2 is 1.80 bits per heavy atom. The molecule has 1 aromatic carbocycles. The topological polar surface area (TPSA) is 63.4 Å². The number of likely N-dealkylation sites (tertiary alicyclic amines) is 1. The van der Waals surface area contributed by atoms with E-state index in [2.05, 4.69) is 0 Å². The lowest BCUT2D eigenvalue weighted by Crippen LogP contribution is -2.42. The molecule has 1 heterocycles. The number of halogens is 3. The van der Waals surface area contributed by atoms with Crippen LogP contribution >= 0.6 is 0 Å². The van der Waals surface area contributed by atoms with Gasteiger partial charge in [0.1, 0.15) is 5.82 Å². The Kier molecular flexibility index (Phi) is 3.93. The Balaban J connectivity index is 1.87. The molecule has 0 saturated carbocycles. The number of nitrogens with zero attached hydrogens (tertiary/aromatic N) is 1. The van der Waals surface area contributed by atoms with Gasteiger partial charge in [0.25, 0.3) is 5.91 Å². The Labute approximate surface area is 143 Å². The summed E-state index contributed by atoms with van der Waals surface area (Å²) in [6.45, 7) is 4.18. The molecular weight excluding hydrogens is 333 g/mol. The molecule has 25 heavy (non-hydrogen) atoms. The van der Waals surface area contributed by atoms with Crippen molar-refractivity contribution in [2.45, 2.75) is 26.7 Å². The predicted octanol–water partition coefficient (Wildman–Crippen LogP) is 2.78. The highest BCUT2D eigenvalue weighted by molar-refractivity contribution is 6.00. The molecule has 2 aliphatic rings. The summed E-state index contributed by atoms with van der Waals surface area (Å²) >= 11 is 0. The summed E-state index contributed by atoms with van der Waals surface area (Å²) < 4.78 is 40.3. The normalized spacial score (nSPS) is 25.4. The van der Waals surface area contributed by atoms with E-state index in [0.717, 1.165) is 0 Å². The molecule has 1 aliphatic heterocycles. The van der Waals surface area contributed by atoms with Crippen LogP contribution in [-0.2, 0) is 4.79 Å². The predicted molar refractivity (Wildman–Crippen MR) is 84.9 cm³/mol. The number of hydrogen-bond acceptors (Lipinski definition) is 3. The summed E-state index contributed by atoms with van der Waals surface area (Å²) in [5, 5.41) is 0. The standard InChI is InChI=1S/C18H19F3N2O2/c1-17(2)8-18(7-14(22)15(17)24)3-4-23(9-18)16(25)10-5-12(20)13(21)6-11(10)19/h5-7H,3-4,8-9,22H2,1-2H3/t18-/m1/s1. The van der Waals surface area contributed by atoms with Gasteiger partial charge >= 0.3 is 0 Å². The molecule has 0 unspecified atom stereocenters. The number of nitrogens with two attached hydrogens (primary N) is 1. The summed E-state index contributed by atoms with van der Waals surface area (Å²) in [6.07, 6.45) is 2.78. The third-order valence-corrected chi connectivity index (χ3v) is 5.05. The quantitative estimate of drug-likeness (QED) is 0.791. The minimum absolute atomic E-state index is 0.130. The van der Waals surface area contributed by atoms with E-state index in [9.17, 15) is 22.8 Å². The third kappa shape index (κ3) is 2.92. The second kappa shape index (κ2) is 5.61. The summed E-state index contributed by atoms with van der Waals surface area (Å²) in [6, 6.07) is 0.950. The highest BCUT2D eigenvalue weighted by atomic mass is 19.2. The zero-order valence-electron chi connectivity index (χ0n) is 14.0. The Morgan fingerprint density at radius 3 is 2.44 bits per heavy atom. The Morgan fingerprint density at radius 1 is 1.16 bits per heavy atom. The van der Waals surface area contributed by atoms with Gasteiger partial charge in [-0.15, -0.1) is 0 Å². The zero-order valence-corrected chi connectivity index (χ0v) is 14.0. The van der Waals surface area contributed by atoms with Crippen molar-refractivity contribution < 1.29 is 22.8 Å². The lowest BCUT2D eigenvalue weighted by atomic mass is 9.65. The summed E-state index contributed by atoms with van der Waals surface area (Å²) in [4.78, 5) is 26.1. The van der Waals surface area contributed by atoms with Gasteiger partial charge in [0.05, 0.1) is 11.3 Å². The second-order valence-corrected chi connectivity index (χ2v) is 7.57. The molecule has 2 N–H and O–H groups in total. The molecule has 7 heteroatoms. The van der Waals surface area contributed by atoms with Crippen molar-refractivity contribution in [2.75, 3.05) is 13.1 Å². The molecule has 4 nitrogen and oxygen atoms in total. The number of carbonyl (C=O) groups excluding carboxylic acids is 2. The van der Waals surface area contributed by atoms with Crippen LogP contribution in [0.5, 0.6) is 0 Å². The number of ketones is 1. The number of amides is 1. The van der Waals surface area contributed by atoms with Gasteiger partial charge in [-0.05, 0) is 25.0 Å². The summed E-state index contributed by atoms with van der Waals surface area (Å²) in [5.41, 5.74) is 4.41. The lowest BCUT2D eigenvalue weighted by molar-refractivity contribution is -0.125. The minimum Gasteiger partial charge on any atom is -0.396 e. The smallest absolute Gasteiger partial charge is 0.256 e. The van der Waals surface area contributed by atoms with Crippen molar-refractivity contribution in [3.8, 4) is 0 Å². The number of hydrogen-bond donors (Lipinski definition) is 1. The van der Waals surface area contributed by atoms with E-state index < -0.39 is 39.8 Å². The van der Waals surface area contributed by atoms with Crippen molar-refractivity contribution in [3.05, 3.63) is 46.9 Å². The van der Waals surface area contributed by atoms with Crippen molar-refractivity contribution >= 4 is 11.7 Å². The third-order valence-electron chi connectivity index (χ3n) is 5.05. The van der Waals surface area contributed by atoms with Gasteiger partial charge in [0.15, 0.2) is 17.4 Å². The van der Waals surface area contributed by atoms with Crippen molar-refractivity contribution in [1.82, 2.24) is 4.90 Å². The van der Waals surface area contributed by atoms with Gasteiger partial charge in [-0.25, -0.2) is 13.2 Å². The van der Waals surface area contributed by atoms with Crippen LogP contribution in [0.1, 0.15) is 37.0 Å². The van der Waals surface area contributed by atoms with Gasteiger partial charge in [-0.2, -0.15) is 0 Å². The van der Waals surface area contributed by atoms with Gasteiger partial charge < -0.3 is 10.6 Å². The molecular formula is C18H19F3N2O2. The monoisotopic (exact) mass is 352 g/mol. The molecule has 134 valence electrons. The Bertz CT molecular complexity index is 804. The first-order chi connectivity index (χ1) is 11.5. The summed E-state index contributed by atoms with van der Waals surface area (Å²) in [7, 11) is 0. The average molecular weight is 352 g/mol. The van der Waals surface area contributed by atoms with Crippen LogP contribution in [0.15, 0.2) is 23.9 Å². The fourth-order valence-corrected chi connectivity index (χ4v) is 3.99. The fourth-order valence-electron chi connectivity index (χ4n) is 3.99. The molecule has 1 aliphatic carbocycles. The Hall–Kier alpha value is -2.31. The number of carbonyl (C=O) groups is 2. The summed E-state index contributed by atoms with van der Waals surface area (Å²) in [5.74, 6) is -4.54. The minimum atomic E-state index is -1.34. The molecule has 3 rings (SSSR count). The van der Waals surface area contributed by atoms with E-state index >= 15 is 0 Å². The number of benzene rings is 1. The molecule has 0 bridgehead atoms. The maximum absolute atomic E-state index is 13.9. The van der Waals surface area contributed by atoms with Crippen LogP contribution in [0.2, 0.25) is 0 Å². The number of allylic oxidation sites excluding steroid dienone is 1. The van der Waals surface area contributed by atoms with Gasteiger partial charge in [0, 0.05) is 30.0 Å². The molecule has 1 spiro atoms. The molecule has 1 atom stereocenters. The lowest BCUT2D eigenvalue weighted by Gasteiger charge is -2.39. The van der Waals surface area contributed by atoms with Gasteiger partial charge in [0.2, 0.25) is 0 Å². The first-order valence-corrected chi connectivity index (χ1v) is 8.02. The van der Waals surface area contributed by atoms with E-state index in [1.54, 1.807) is 19.9 Å². The van der Waals surface area contributed by atoms with Crippen LogP contribution in [0.4, 0.5) is 13.2 Å². The SMILES string of the molecule is CC1(C)C[C@]2(C=C(N)C1=O)CCN(C(=O)c1cc(F)c(F)cc1F)C2. The van der Waals surface area contributed by atoms with Gasteiger partial charge in [-0.3, -0.25) is 9.59 Å². The molecule has 1 aromatic rings. The van der Waals surface area contributed by atoms with Crippen LogP contribution in [-0.4, -0.2) is 29.7 Å². The van der Waals surface area contributed by atoms with E-state index in [4.69, 9.17) is 5.73 Å². The largest absolute Gasteiger partial charge is 0.396 e. The highest BCUT2D eigenvalue weighted by Gasteiger charge is 2.48. The number of Topliss-reactive ketones (excluding diaryl/α,β-unsaturated/α-hetero) is 1. The van der Waals surface area contributed by atoms with E-state index in [1.165, 1.54) is 4.90 Å². The second-order valence-electron chi connectivity index (χ2n) is 7.57. The van der Waals surface area contributed by atoms with Crippen molar-refractivity contribution in [2.24, 2.45) is 16.6 Å². The highest BCUT2D eigenvalue weighted by Crippen LogP contribution is 2.47. The van der Waals surface area contributed by atoms with E-state index in [1.807, 2.05) is 0 Å². The van der Waals surface area contributed by atoms with Crippen LogP contribution in [0, 0.1) is 28.3 Å². The average Bonchev–Trinajstić information content (AvgIpc) is 2.90. The molecule has 0 radical (unpaired) electrons. The van der Waals surface area contributed by atoms with E-state index in [0.29, 0.717) is 31.5 Å². The van der Waals surface area contributed by atoms with Crippen molar-refractivity contribution in [3.63, 3.8) is 0 Å². The zero-order chi connectivity index (χ0) is 18.6. The fraction of sp³-hybridized carbons (Fsp3) is 0.444. The van der Waals surface area contributed by atoms with Crippen LogP contribution in [0.25, 0.3) is 0 Å². The molecule has 1 fully saturated rings. The molecule has 1 amide bonds. The van der Waals surface area contributed by atoms with Crippen LogP contribution < -0.4 is 5.73 Å². The molecule has 1 saturated heterocycles. The first kappa shape index (κ1) is 17.5. The molecule has 0 aromatic heterocycles.